The molecule has 4 nitrogen and oxygen atoms in total. The maximum atomic E-state index is 5.21. The van der Waals surface area contributed by atoms with E-state index >= 15 is 0 Å². The Morgan fingerprint density at radius 1 is 1.39 bits per heavy atom. The number of nitrogens with zero attached hydrogens (tertiary/aromatic N) is 2. The molecule has 0 radical (unpaired) electrons. The van der Waals surface area contributed by atoms with E-state index in [4.69, 9.17) is 4.74 Å². The van der Waals surface area contributed by atoms with Crippen LogP contribution in [-0.4, -0.2) is 29.0 Å². The maximum Gasteiger partial charge on any atom is 0.0767 e. The van der Waals surface area contributed by atoms with E-state index in [0.717, 1.165) is 29.7 Å². The van der Waals surface area contributed by atoms with Crippen LogP contribution in [0.15, 0.2) is 4.47 Å². The van der Waals surface area contributed by atoms with Crippen molar-refractivity contribution < 1.29 is 4.74 Å². The van der Waals surface area contributed by atoms with Crippen LogP contribution in [0.4, 0.5) is 0 Å². The van der Waals surface area contributed by atoms with E-state index in [1.54, 1.807) is 7.11 Å². The van der Waals surface area contributed by atoms with Gasteiger partial charge in [-0.05, 0) is 43.1 Å². The first-order valence-electron chi connectivity index (χ1n) is 6.43. The summed E-state index contributed by atoms with van der Waals surface area (Å²) in [6, 6.07) is 0. The summed E-state index contributed by atoms with van der Waals surface area (Å²) in [5.74, 6) is 0. The van der Waals surface area contributed by atoms with Gasteiger partial charge in [-0.1, -0.05) is 6.92 Å². The van der Waals surface area contributed by atoms with Crippen LogP contribution in [0.3, 0.4) is 0 Å². The second-order valence-electron chi connectivity index (χ2n) is 5.05. The average molecular weight is 318 g/mol. The molecule has 1 N–H and O–H groups in total. The summed E-state index contributed by atoms with van der Waals surface area (Å²) in [4.78, 5) is 0. The monoisotopic (exact) mass is 317 g/mol. The molecular weight excluding hydrogens is 294 g/mol. The molecule has 18 heavy (non-hydrogen) atoms. The normalized spacial score (nSPS) is 12.1. The van der Waals surface area contributed by atoms with Crippen LogP contribution in [0.2, 0.25) is 0 Å². The lowest BCUT2D eigenvalue weighted by atomic mass is 10.1. The van der Waals surface area contributed by atoms with Gasteiger partial charge >= 0.3 is 0 Å². The average Bonchev–Trinajstić information content (AvgIpc) is 2.63. The van der Waals surface area contributed by atoms with Crippen molar-refractivity contribution in [1.82, 2.24) is 15.1 Å². The highest BCUT2D eigenvalue weighted by atomic mass is 79.9. The number of halogens is 1. The minimum absolute atomic E-state index is 0.0383. The molecule has 0 aliphatic heterocycles. The Hall–Kier alpha value is -0.390. The van der Waals surface area contributed by atoms with Crippen LogP contribution in [0.5, 0.6) is 0 Å². The second kappa shape index (κ2) is 6.68. The van der Waals surface area contributed by atoms with E-state index in [1.807, 2.05) is 0 Å². The van der Waals surface area contributed by atoms with Crippen LogP contribution >= 0.6 is 15.9 Å². The number of nitrogens with one attached hydrogen (secondary N) is 1. The fraction of sp³-hybridized carbons (Fsp3) is 0.769. The van der Waals surface area contributed by atoms with Gasteiger partial charge in [0.05, 0.1) is 22.5 Å². The van der Waals surface area contributed by atoms with E-state index in [9.17, 15) is 0 Å². The first-order chi connectivity index (χ1) is 8.45. The first-order valence-corrected chi connectivity index (χ1v) is 7.22. The SMILES string of the molecule is CCc1nn(CC)c(CNC(C)(C)COC)c1Br. The third-order valence-corrected chi connectivity index (χ3v) is 3.85. The first kappa shape index (κ1) is 15.7. The molecule has 104 valence electrons. The Bertz CT molecular complexity index is 388. The largest absolute Gasteiger partial charge is 0.383 e. The zero-order chi connectivity index (χ0) is 13.8. The fourth-order valence-electron chi connectivity index (χ4n) is 1.92. The van der Waals surface area contributed by atoms with Crippen molar-refractivity contribution in [3.8, 4) is 0 Å². The van der Waals surface area contributed by atoms with Gasteiger partial charge in [-0.3, -0.25) is 4.68 Å². The minimum atomic E-state index is -0.0383. The van der Waals surface area contributed by atoms with E-state index in [0.29, 0.717) is 6.61 Å². The third kappa shape index (κ3) is 3.80. The number of hydrogen-bond donors (Lipinski definition) is 1. The molecule has 0 saturated carbocycles. The van der Waals surface area contributed by atoms with E-state index in [2.05, 4.69) is 58.7 Å². The molecule has 0 aromatic carbocycles. The van der Waals surface area contributed by atoms with Gasteiger partial charge in [-0.25, -0.2) is 0 Å². The Morgan fingerprint density at radius 2 is 2.06 bits per heavy atom. The number of ether oxygens (including phenoxy) is 1. The van der Waals surface area contributed by atoms with Crippen molar-refractivity contribution in [2.24, 2.45) is 0 Å². The fourth-order valence-corrected chi connectivity index (χ4v) is 2.63. The molecule has 0 amide bonds. The zero-order valence-electron chi connectivity index (χ0n) is 12.0. The molecular formula is C13H24BrN3O. The molecule has 0 atom stereocenters. The van der Waals surface area contributed by atoms with Gasteiger partial charge in [0.1, 0.15) is 0 Å². The number of aromatic nitrogens is 2. The summed E-state index contributed by atoms with van der Waals surface area (Å²) >= 11 is 3.66. The van der Waals surface area contributed by atoms with Gasteiger partial charge in [0.15, 0.2) is 0 Å². The lowest BCUT2D eigenvalue weighted by Crippen LogP contribution is -2.43. The summed E-state index contributed by atoms with van der Waals surface area (Å²) < 4.78 is 8.40. The van der Waals surface area contributed by atoms with Crippen LogP contribution in [-0.2, 0) is 24.2 Å². The molecule has 0 aliphatic carbocycles. The van der Waals surface area contributed by atoms with Crippen LogP contribution in [0.1, 0.15) is 39.1 Å². The number of methoxy groups -OCH3 is 1. The standard InChI is InChI=1S/C13H24BrN3O/c1-6-10-12(14)11(17(7-2)16-10)8-15-13(3,4)9-18-5/h15H,6-9H2,1-5H3. The maximum absolute atomic E-state index is 5.21. The molecule has 1 rings (SSSR count). The summed E-state index contributed by atoms with van der Waals surface area (Å²) in [7, 11) is 1.73. The lowest BCUT2D eigenvalue weighted by molar-refractivity contribution is 0.127. The van der Waals surface area contributed by atoms with E-state index < -0.39 is 0 Å². The molecule has 1 heterocycles. The second-order valence-corrected chi connectivity index (χ2v) is 5.84. The van der Waals surface area contributed by atoms with Gasteiger partial charge in [0.25, 0.3) is 0 Å². The summed E-state index contributed by atoms with van der Waals surface area (Å²) in [5, 5.41) is 8.11. The van der Waals surface area contributed by atoms with E-state index in [1.165, 1.54) is 5.69 Å². The number of hydrogen-bond acceptors (Lipinski definition) is 3. The highest BCUT2D eigenvalue weighted by Crippen LogP contribution is 2.22. The highest BCUT2D eigenvalue weighted by Gasteiger charge is 2.20. The lowest BCUT2D eigenvalue weighted by Gasteiger charge is -2.25. The van der Waals surface area contributed by atoms with Gasteiger partial charge in [0, 0.05) is 25.7 Å². The molecule has 0 bridgehead atoms. The molecule has 1 aromatic rings. The number of aryl methyl sites for hydroxylation is 2. The van der Waals surface area contributed by atoms with Crippen molar-refractivity contribution in [2.75, 3.05) is 13.7 Å². The van der Waals surface area contributed by atoms with Gasteiger partial charge in [0.2, 0.25) is 0 Å². The highest BCUT2D eigenvalue weighted by molar-refractivity contribution is 9.10. The molecule has 0 spiro atoms. The van der Waals surface area contributed by atoms with Crippen molar-refractivity contribution in [3.63, 3.8) is 0 Å². The van der Waals surface area contributed by atoms with Crippen LogP contribution < -0.4 is 5.32 Å². The van der Waals surface area contributed by atoms with Crippen LogP contribution in [0.25, 0.3) is 0 Å². The summed E-state index contributed by atoms with van der Waals surface area (Å²) in [6.07, 6.45) is 0.946. The molecule has 1 aromatic heterocycles. The summed E-state index contributed by atoms with van der Waals surface area (Å²) in [5.41, 5.74) is 2.29. The zero-order valence-corrected chi connectivity index (χ0v) is 13.6. The van der Waals surface area contributed by atoms with Crippen molar-refractivity contribution in [2.45, 2.75) is 52.7 Å². The van der Waals surface area contributed by atoms with Crippen molar-refractivity contribution in [3.05, 3.63) is 15.9 Å². The topological polar surface area (TPSA) is 39.1 Å². The van der Waals surface area contributed by atoms with Crippen molar-refractivity contribution in [1.29, 1.82) is 0 Å². The third-order valence-electron chi connectivity index (χ3n) is 2.93. The predicted molar refractivity (Wildman–Crippen MR) is 77.8 cm³/mol. The molecule has 0 aliphatic rings. The Kier molecular flexibility index (Phi) is 5.82. The van der Waals surface area contributed by atoms with Gasteiger partial charge in [-0.15, -0.1) is 0 Å². The Morgan fingerprint density at radius 3 is 2.56 bits per heavy atom. The molecule has 0 fully saturated rings. The van der Waals surface area contributed by atoms with Gasteiger partial charge in [-0.2, -0.15) is 5.10 Å². The Labute approximate surface area is 118 Å². The number of rotatable bonds is 7. The molecule has 5 heteroatoms. The molecule has 0 saturated heterocycles. The van der Waals surface area contributed by atoms with Gasteiger partial charge < -0.3 is 10.1 Å². The predicted octanol–water partition coefficient (Wildman–Crippen LogP) is 2.74. The van der Waals surface area contributed by atoms with Crippen molar-refractivity contribution >= 4 is 15.9 Å². The Balaban J connectivity index is 2.80. The minimum Gasteiger partial charge on any atom is -0.383 e. The smallest absolute Gasteiger partial charge is 0.0767 e. The van der Waals surface area contributed by atoms with Crippen LogP contribution in [0, 0.1) is 0 Å². The molecule has 0 unspecified atom stereocenters. The van der Waals surface area contributed by atoms with E-state index in [-0.39, 0.29) is 5.54 Å². The quantitative estimate of drug-likeness (QED) is 0.840. The summed E-state index contributed by atoms with van der Waals surface area (Å²) in [6.45, 7) is 10.9.